The van der Waals surface area contributed by atoms with Crippen LogP contribution in [0.15, 0.2) is 36.5 Å². The molecule has 6 heteroatoms. The van der Waals surface area contributed by atoms with Crippen molar-refractivity contribution in [2.24, 2.45) is 10.5 Å². The number of aryl methyl sites for hydroxylation is 2. The van der Waals surface area contributed by atoms with Crippen LogP contribution >= 0.6 is 11.6 Å². The Labute approximate surface area is 167 Å². The van der Waals surface area contributed by atoms with Crippen molar-refractivity contribution >= 4 is 29.4 Å². The van der Waals surface area contributed by atoms with Crippen LogP contribution in [0.3, 0.4) is 0 Å². The van der Waals surface area contributed by atoms with Gasteiger partial charge in [0, 0.05) is 19.7 Å². The van der Waals surface area contributed by atoms with Crippen molar-refractivity contribution in [3.05, 3.63) is 53.4 Å². The Balaban J connectivity index is 0.00000158. The summed E-state index contributed by atoms with van der Waals surface area (Å²) in [6.45, 7) is 13.7. The zero-order valence-corrected chi connectivity index (χ0v) is 17.9. The molecule has 0 aliphatic heterocycles. The van der Waals surface area contributed by atoms with Crippen LogP contribution in [0, 0.1) is 12.3 Å². The van der Waals surface area contributed by atoms with Gasteiger partial charge in [0.25, 0.3) is 0 Å². The highest BCUT2D eigenvalue weighted by molar-refractivity contribution is 6.29. The lowest BCUT2D eigenvalue weighted by molar-refractivity contribution is -0.104. The summed E-state index contributed by atoms with van der Waals surface area (Å²) in [7, 11) is 3.57. The zero-order chi connectivity index (χ0) is 21.2. The molecule has 1 aromatic rings. The standard InChI is InChI=1S/C17H20ClN3O2.C2H6.C2H4/c1-11-10-14(18)19-12-7-8-17(2,16(23)15(11)12)13(6-5-9-22)20-21(3)4;2*1-2/h5-6,9-10H,7-8H2,1-4H3;1-2H3;1-2H2/b6-5-,20-13+;;. The summed E-state index contributed by atoms with van der Waals surface area (Å²) in [5.74, 6) is -0.0310. The van der Waals surface area contributed by atoms with E-state index >= 15 is 0 Å². The van der Waals surface area contributed by atoms with Crippen LogP contribution in [0.2, 0.25) is 5.15 Å². The number of Topliss-reactive ketones (excluding diaryl/α,β-unsaturated/α-hetero) is 1. The molecule has 27 heavy (non-hydrogen) atoms. The molecule has 1 aromatic heterocycles. The molecule has 0 fully saturated rings. The van der Waals surface area contributed by atoms with Crippen molar-refractivity contribution in [3.8, 4) is 0 Å². The molecule has 0 spiro atoms. The molecule has 1 aliphatic rings. The first-order valence-electron chi connectivity index (χ1n) is 8.88. The molecule has 1 aliphatic carbocycles. The molecule has 1 atom stereocenters. The fourth-order valence-electron chi connectivity index (χ4n) is 2.86. The molecule has 0 saturated heterocycles. The van der Waals surface area contributed by atoms with E-state index in [0.717, 1.165) is 11.3 Å². The Morgan fingerprint density at radius 2 is 1.96 bits per heavy atom. The third-order valence-electron chi connectivity index (χ3n) is 4.06. The van der Waals surface area contributed by atoms with Gasteiger partial charge in [0.1, 0.15) is 11.4 Å². The van der Waals surface area contributed by atoms with E-state index in [4.69, 9.17) is 11.6 Å². The first-order chi connectivity index (χ1) is 12.8. The number of nitrogens with zero attached hydrogens (tertiary/aromatic N) is 3. The molecule has 5 nitrogen and oxygen atoms in total. The highest BCUT2D eigenvalue weighted by Gasteiger charge is 2.43. The number of carbonyl (C=O) groups is 2. The maximum absolute atomic E-state index is 13.2. The van der Waals surface area contributed by atoms with Gasteiger partial charge >= 0.3 is 0 Å². The Morgan fingerprint density at radius 1 is 1.37 bits per heavy atom. The van der Waals surface area contributed by atoms with E-state index in [1.807, 2.05) is 27.7 Å². The highest BCUT2D eigenvalue weighted by Crippen LogP contribution is 2.38. The minimum absolute atomic E-state index is 0.0310. The number of hydrogen-bond donors (Lipinski definition) is 0. The molecule has 0 N–H and O–H groups in total. The first-order valence-corrected chi connectivity index (χ1v) is 9.26. The molecule has 0 amide bonds. The van der Waals surface area contributed by atoms with Crippen molar-refractivity contribution in [3.63, 3.8) is 0 Å². The minimum Gasteiger partial charge on any atom is -0.303 e. The van der Waals surface area contributed by atoms with E-state index in [1.54, 1.807) is 31.2 Å². The number of rotatable bonds is 4. The van der Waals surface area contributed by atoms with Crippen molar-refractivity contribution < 1.29 is 9.59 Å². The monoisotopic (exact) mass is 391 g/mol. The van der Waals surface area contributed by atoms with Gasteiger partial charge in [-0.3, -0.25) is 9.59 Å². The summed E-state index contributed by atoms with van der Waals surface area (Å²) in [6, 6.07) is 1.70. The third-order valence-corrected chi connectivity index (χ3v) is 4.25. The number of aldehydes is 1. The lowest BCUT2D eigenvalue weighted by Crippen LogP contribution is -2.41. The summed E-state index contributed by atoms with van der Waals surface area (Å²) >= 11 is 6.00. The Hall–Kier alpha value is -2.27. The molecule has 0 aromatic carbocycles. The third kappa shape index (κ3) is 5.86. The molecule has 0 saturated carbocycles. The summed E-state index contributed by atoms with van der Waals surface area (Å²) in [5, 5.41) is 6.45. The summed E-state index contributed by atoms with van der Waals surface area (Å²) in [6.07, 6.45) is 4.86. The largest absolute Gasteiger partial charge is 0.303 e. The van der Waals surface area contributed by atoms with Gasteiger partial charge in [-0.15, -0.1) is 13.2 Å². The second kappa shape index (κ2) is 11.4. The highest BCUT2D eigenvalue weighted by atomic mass is 35.5. The Kier molecular flexibility index (Phi) is 10.5. The second-order valence-corrected chi connectivity index (χ2v) is 6.46. The Morgan fingerprint density at radius 3 is 2.48 bits per heavy atom. The predicted molar refractivity (Wildman–Crippen MR) is 114 cm³/mol. The van der Waals surface area contributed by atoms with Crippen LogP contribution in [0.5, 0.6) is 0 Å². The van der Waals surface area contributed by atoms with Crippen LogP contribution in [-0.4, -0.2) is 41.9 Å². The maximum Gasteiger partial charge on any atom is 0.176 e. The van der Waals surface area contributed by atoms with Crippen LogP contribution in [-0.2, 0) is 11.2 Å². The van der Waals surface area contributed by atoms with Crippen molar-refractivity contribution in [1.29, 1.82) is 0 Å². The molecule has 0 radical (unpaired) electrons. The maximum atomic E-state index is 13.2. The normalized spacial score (nSPS) is 18.6. The average molecular weight is 392 g/mol. The molecule has 2 rings (SSSR count). The van der Waals surface area contributed by atoms with Gasteiger partial charge in [-0.1, -0.05) is 25.4 Å². The predicted octanol–water partition coefficient (Wildman–Crippen LogP) is 4.68. The SMILES string of the molecule is C=C.CC.Cc1cc(Cl)nc2c1C(=O)C(C)(C(/C=C\C=O)=N/N(C)C)CC2. The van der Waals surface area contributed by atoms with Gasteiger partial charge < -0.3 is 5.01 Å². The fourth-order valence-corrected chi connectivity index (χ4v) is 3.13. The lowest BCUT2D eigenvalue weighted by atomic mass is 9.69. The van der Waals surface area contributed by atoms with E-state index in [-0.39, 0.29) is 5.78 Å². The average Bonchev–Trinajstić information content (AvgIpc) is 2.64. The van der Waals surface area contributed by atoms with Crippen LogP contribution in [0.4, 0.5) is 0 Å². The van der Waals surface area contributed by atoms with Gasteiger partial charge in [0.15, 0.2) is 5.78 Å². The van der Waals surface area contributed by atoms with Crippen molar-refractivity contribution in [2.45, 2.75) is 40.5 Å². The van der Waals surface area contributed by atoms with Gasteiger partial charge in [0.05, 0.1) is 16.8 Å². The summed E-state index contributed by atoms with van der Waals surface area (Å²) in [5.41, 5.74) is 1.95. The van der Waals surface area contributed by atoms with E-state index in [2.05, 4.69) is 23.2 Å². The van der Waals surface area contributed by atoms with Crippen LogP contribution < -0.4 is 0 Å². The molecule has 0 bridgehead atoms. The first kappa shape index (κ1) is 24.7. The van der Waals surface area contributed by atoms with Crippen LogP contribution in [0.25, 0.3) is 0 Å². The quantitative estimate of drug-likeness (QED) is 0.187. The van der Waals surface area contributed by atoms with E-state index < -0.39 is 5.41 Å². The van der Waals surface area contributed by atoms with Gasteiger partial charge in [-0.2, -0.15) is 5.10 Å². The second-order valence-electron chi connectivity index (χ2n) is 6.07. The number of pyridine rings is 1. The molecular weight excluding hydrogens is 362 g/mol. The number of hydrazone groups is 1. The Bertz CT molecular complexity index is 726. The summed E-state index contributed by atoms with van der Waals surface area (Å²) < 4.78 is 0. The summed E-state index contributed by atoms with van der Waals surface area (Å²) in [4.78, 5) is 28.1. The van der Waals surface area contributed by atoms with Crippen LogP contribution in [0.1, 0.15) is 48.8 Å². The number of aromatic nitrogens is 1. The number of carbonyl (C=O) groups excluding carboxylic acids is 2. The molecule has 1 heterocycles. The van der Waals surface area contributed by atoms with E-state index in [9.17, 15) is 9.59 Å². The molecule has 148 valence electrons. The van der Waals surface area contributed by atoms with Crippen molar-refractivity contribution in [1.82, 2.24) is 9.99 Å². The van der Waals surface area contributed by atoms with Gasteiger partial charge in [0.2, 0.25) is 0 Å². The van der Waals surface area contributed by atoms with Crippen molar-refractivity contribution in [2.75, 3.05) is 14.1 Å². The molecular formula is C21H30ClN3O2. The number of allylic oxidation sites excluding steroid dienone is 2. The number of fused-ring (bicyclic) bond motifs is 1. The van der Waals surface area contributed by atoms with E-state index in [1.165, 1.54) is 6.08 Å². The number of ketones is 1. The lowest BCUT2D eigenvalue weighted by Gasteiger charge is -2.34. The number of hydrogen-bond acceptors (Lipinski definition) is 5. The topological polar surface area (TPSA) is 62.6 Å². The smallest absolute Gasteiger partial charge is 0.176 e. The number of halogens is 1. The molecule has 1 unspecified atom stereocenters. The van der Waals surface area contributed by atoms with Gasteiger partial charge in [-0.25, -0.2) is 4.98 Å². The minimum atomic E-state index is -0.795. The van der Waals surface area contributed by atoms with E-state index in [0.29, 0.717) is 35.6 Å². The van der Waals surface area contributed by atoms with Gasteiger partial charge in [-0.05, 0) is 50.5 Å². The zero-order valence-electron chi connectivity index (χ0n) is 17.2. The fraction of sp³-hybridized carbons (Fsp3) is 0.429.